The minimum atomic E-state index is -0.923. The zero-order chi connectivity index (χ0) is 14.3. The molecule has 0 bridgehead atoms. The lowest BCUT2D eigenvalue weighted by Crippen LogP contribution is -2.39. The Morgan fingerprint density at radius 3 is 2.58 bits per heavy atom. The summed E-state index contributed by atoms with van der Waals surface area (Å²) in [6.07, 6.45) is 1.61. The van der Waals surface area contributed by atoms with Gasteiger partial charge in [-0.25, -0.2) is 0 Å². The number of ether oxygens (including phenoxy) is 1. The van der Waals surface area contributed by atoms with Gasteiger partial charge in [-0.3, -0.25) is 9.00 Å². The molecule has 0 heterocycles. The quantitative estimate of drug-likeness (QED) is 0.760. The molecule has 0 aliphatic rings. The van der Waals surface area contributed by atoms with Crippen LogP contribution in [0.4, 0.5) is 0 Å². The zero-order valence-corrected chi connectivity index (χ0v) is 12.0. The van der Waals surface area contributed by atoms with Gasteiger partial charge in [-0.15, -0.1) is 0 Å². The number of carbonyl (C=O) groups is 1. The first-order valence-corrected chi connectivity index (χ1v) is 7.75. The highest BCUT2D eigenvalue weighted by molar-refractivity contribution is 7.84. The van der Waals surface area contributed by atoms with E-state index in [9.17, 15) is 9.00 Å². The van der Waals surface area contributed by atoms with E-state index >= 15 is 0 Å². The maximum Gasteiger partial charge on any atom is 0.258 e. The summed E-state index contributed by atoms with van der Waals surface area (Å²) in [7, 11) is -0.923. The molecule has 1 rings (SSSR count). The minimum Gasteiger partial charge on any atom is -0.484 e. The van der Waals surface area contributed by atoms with Gasteiger partial charge in [0, 0.05) is 35.4 Å². The minimum absolute atomic E-state index is 0.0529. The smallest absolute Gasteiger partial charge is 0.258 e. The van der Waals surface area contributed by atoms with Crippen molar-refractivity contribution in [2.45, 2.75) is 19.5 Å². The Balaban J connectivity index is 2.34. The predicted molar refractivity (Wildman–Crippen MR) is 76.4 cm³/mol. The summed E-state index contributed by atoms with van der Waals surface area (Å²) in [5.41, 5.74) is 6.50. The fourth-order valence-electron chi connectivity index (χ4n) is 1.58. The first-order valence-electron chi connectivity index (χ1n) is 6.02. The van der Waals surface area contributed by atoms with Crippen molar-refractivity contribution in [1.29, 1.82) is 0 Å². The van der Waals surface area contributed by atoms with E-state index in [-0.39, 0.29) is 18.6 Å². The van der Waals surface area contributed by atoms with Crippen LogP contribution in [0.1, 0.15) is 12.5 Å². The van der Waals surface area contributed by atoms with Crippen molar-refractivity contribution in [2.75, 3.05) is 18.6 Å². The lowest BCUT2D eigenvalue weighted by atomic mass is 10.2. The van der Waals surface area contributed by atoms with Crippen LogP contribution in [0.15, 0.2) is 24.3 Å². The van der Waals surface area contributed by atoms with Crippen LogP contribution in [0, 0.1) is 0 Å². The number of nitrogens with one attached hydrogen (secondary N) is 1. The van der Waals surface area contributed by atoms with Gasteiger partial charge in [0.2, 0.25) is 0 Å². The molecule has 2 atom stereocenters. The molecule has 0 saturated carbocycles. The summed E-state index contributed by atoms with van der Waals surface area (Å²) < 4.78 is 16.3. The van der Waals surface area contributed by atoms with Crippen LogP contribution < -0.4 is 15.8 Å². The standard InChI is InChI=1S/C13H20N2O3S/c1-10(9-19(2)17)15-13(16)8-18-12-5-3-11(7-14)4-6-12/h3-6,10H,7-9,14H2,1-2H3,(H,15,16). The number of rotatable bonds is 7. The van der Waals surface area contributed by atoms with E-state index in [1.807, 2.05) is 19.1 Å². The van der Waals surface area contributed by atoms with Crippen molar-refractivity contribution in [3.05, 3.63) is 29.8 Å². The van der Waals surface area contributed by atoms with Crippen molar-refractivity contribution in [1.82, 2.24) is 5.32 Å². The monoisotopic (exact) mass is 284 g/mol. The fourth-order valence-corrected chi connectivity index (χ4v) is 2.37. The van der Waals surface area contributed by atoms with Crippen LogP contribution in [-0.2, 0) is 22.1 Å². The molecular formula is C13H20N2O3S. The van der Waals surface area contributed by atoms with Crippen LogP contribution >= 0.6 is 0 Å². The summed E-state index contributed by atoms with van der Waals surface area (Å²) in [4.78, 5) is 11.6. The SMILES string of the molecule is CC(CS(C)=O)NC(=O)COc1ccc(CN)cc1. The van der Waals surface area contributed by atoms with Gasteiger partial charge in [0.05, 0.1) is 0 Å². The molecule has 1 aromatic carbocycles. The maximum absolute atomic E-state index is 11.6. The van der Waals surface area contributed by atoms with Crippen molar-refractivity contribution < 1.29 is 13.7 Å². The van der Waals surface area contributed by atoms with Gasteiger partial charge < -0.3 is 15.8 Å². The van der Waals surface area contributed by atoms with Crippen LogP contribution in [0.3, 0.4) is 0 Å². The number of hydrogen-bond acceptors (Lipinski definition) is 4. The number of benzene rings is 1. The molecule has 6 heteroatoms. The first kappa shape index (κ1) is 15.7. The third-order valence-corrected chi connectivity index (χ3v) is 3.39. The molecule has 2 unspecified atom stereocenters. The zero-order valence-electron chi connectivity index (χ0n) is 11.2. The Morgan fingerprint density at radius 2 is 2.05 bits per heavy atom. The van der Waals surface area contributed by atoms with Gasteiger partial charge in [0.15, 0.2) is 6.61 Å². The molecule has 3 N–H and O–H groups in total. The molecule has 1 amide bonds. The molecule has 0 fully saturated rings. The topological polar surface area (TPSA) is 81.4 Å². The van der Waals surface area contributed by atoms with Crippen LogP contribution in [0.5, 0.6) is 5.75 Å². The molecule has 19 heavy (non-hydrogen) atoms. The molecule has 1 aromatic rings. The Bertz CT molecular complexity index is 434. The van der Waals surface area contributed by atoms with E-state index < -0.39 is 10.8 Å². The highest BCUT2D eigenvalue weighted by Crippen LogP contribution is 2.11. The fraction of sp³-hybridized carbons (Fsp3) is 0.462. The normalized spacial score (nSPS) is 13.6. The molecule has 106 valence electrons. The maximum atomic E-state index is 11.6. The highest BCUT2D eigenvalue weighted by Gasteiger charge is 2.09. The van der Waals surface area contributed by atoms with Gasteiger partial charge >= 0.3 is 0 Å². The number of nitrogens with two attached hydrogens (primary N) is 1. The van der Waals surface area contributed by atoms with Crippen LogP contribution in [0.2, 0.25) is 0 Å². The summed E-state index contributed by atoms with van der Waals surface area (Å²) in [6.45, 7) is 2.24. The van der Waals surface area contributed by atoms with Crippen molar-refractivity contribution >= 4 is 16.7 Å². The van der Waals surface area contributed by atoms with Crippen molar-refractivity contribution in [3.63, 3.8) is 0 Å². The molecule has 0 aliphatic heterocycles. The largest absolute Gasteiger partial charge is 0.484 e. The van der Waals surface area contributed by atoms with E-state index in [1.165, 1.54) is 0 Å². The molecule has 0 aliphatic carbocycles. The second-order valence-electron chi connectivity index (χ2n) is 4.35. The molecule has 0 aromatic heterocycles. The van der Waals surface area contributed by atoms with Gasteiger partial charge in [-0.05, 0) is 24.6 Å². The van der Waals surface area contributed by atoms with E-state index in [0.29, 0.717) is 18.0 Å². The molecule has 5 nitrogen and oxygen atoms in total. The molecule has 0 radical (unpaired) electrons. The number of hydrogen-bond donors (Lipinski definition) is 2. The molecule has 0 saturated heterocycles. The van der Waals surface area contributed by atoms with E-state index in [0.717, 1.165) is 5.56 Å². The highest BCUT2D eigenvalue weighted by atomic mass is 32.2. The number of amides is 1. The van der Waals surface area contributed by atoms with Crippen molar-refractivity contribution in [2.24, 2.45) is 5.73 Å². The lowest BCUT2D eigenvalue weighted by Gasteiger charge is -2.13. The van der Waals surface area contributed by atoms with E-state index in [2.05, 4.69) is 5.32 Å². The second kappa shape index (κ2) is 7.91. The Morgan fingerprint density at radius 1 is 1.42 bits per heavy atom. The lowest BCUT2D eigenvalue weighted by molar-refractivity contribution is -0.123. The van der Waals surface area contributed by atoms with E-state index in [1.54, 1.807) is 18.4 Å². The average molecular weight is 284 g/mol. The van der Waals surface area contributed by atoms with Gasteiger partial charge in [0.1, 0.15) is 5.75 Å². The average Bonchev–Trinajstić information content (AvgIpc) is 2.36. The number of carbonyl (C=O) groups excluding carboxylic acids is 1. The van der Waals surface area contributed by atoms with Gasteiger partial charge in [-0.1, -0.05) is 12.1 Å². The Kier molecular flexibility index (Phi) is 6.52. The van der Waals surface area contributed by atoms with E-state index in [4.69, 9.17) is 10.5 Å². The summed E-state index contributed by atoms with van der Waals surface area (Å²) in [6, 6.07) is 7.15. The third kappa shape index (κ3) is 6.35. The Labute approximate surface area is 116 Å². The first-order chi connectivity index (χ1) is 9.01. The second-order valence-corrected chi connectivity index (χ2v) is 5.82. The van der Waals surface area contributed by atoms with Crippen LogP contribution in [0.25, 0.3) is 0 Å². The Hall–Kier alpha value is -1.40. The third-order valence-electron chi connectivity index (χ3n) is 2.42. The molecule has 0 spiro atoms. The van der Waals surface area contributed by atoms with Gasteiger partial charge in [0.25, 0.3) is 5.91 Å². The summed E-state index contributed by atoms with van der Waals surface area (Å²) in [5.74, 6) is 0.844. The summed E-state index contributed by atoms with van der Waals surface area (Å²) >= 11 is 0. The summed E-state index contributed by atoms with van der Waals surface area (Å²) in [5, 5.41) is 2.73. The predicted octanol–water partition coefficient (Wildman–Crippen LogP) is 0.407. The van der Waals surface area contributed by atoms with Crippen molar-refractivity contribution in [3.8, 4) is 5.75 Å². The van der Waals surface area contributed by atoms with Crippen LogP contribution in [-0.4, -0.2) is 34.8 Å². The van der Waals surface area contributed by atoms with Gasteiger partial charge in [-0.2, -0.15) is 0 Å². The molecular weight excluding hydrogens is 264 g/mol.